The zero-order valence-electron chi connectivity index (χ0n) is 13.3. The molecule has 0 aliphatic rings. The van der Waals surface area contributed by atoms with E-state index < -0.39 is 10.0 Å². The fourth-order valence-corrected chi connectivity index (χ4v) is 3.81. The Bertz CT molecular complexity index is 943. The van der Waals surface area contributed by atoms with E-state index in [0.29, 0.717) is 6.54 Å². The Morgan fingerprint density at radius 2 is 1.83 bits per heavy atom. The van der Waals surface area contributed by atoms with Gasteiger partial charge in [-0.1, -0.05) is 35.9 Å². The molecule has 0 atom stereocenters. The number of H-pyrrole nitrogens is 1. The number of aromatic nitrogens is 1. The van der Waals surface area contributed by atoms with Gasteiger partial charge in [0.05, 0.1) is 5.75 Å². The van der Waals surface area contributed by atoms with Crippen molar-refractivity contribution >= 4 is 20.9 Å². The first kappa shape index (κ1) is 15.8. The number of fused-ring (bicyclic) bond motifs is 1. The minimum Gasteiger partial charge on any atom is -0.359 e. The van der Waals surface area contributed by atoms with Gasteiger partial charge in [0.1, 0.15) is 0 Å². The summed E-state index contributed by atoms with van der Waals surface area (Å²) < 4.78 is 27.1. The molecule has 3 rings (SSSR count). The third-order valence-corrected chi connectivity index (χ3v) is 5.05. The molecule has 3 aromatic rings. The van der Waals surface area contributed by atoms with Crippen LogP contribution in [0.15, 0.2) is 48.5 Å². The van der Waals surface area contributed by atoms with Gasteiger partial charge in [0.15, 0.2) is 0 Å². The second-order valence-electron chi connectivity index (χ2n) is 5.94. The summed E-state index contributed by atoms with van der Waals surface area (Å²) in [6.45, 7) is 4.26. The lowest BCUT2D eigenvalue weighted by Crippen LogP contribution is -2.24. The molecule has 0 spiro atoms. The Labute approximate surface area is 136 Å². The number of benzene rings is 2. The fraction of sp³-hybridized carbons (Fsp3) is 0.222. The Kier molecular flexibility index (Phi) is 4.24. The van der Waals surface area contributed by atoms with Gasteiger partial charge < -0.3 is 4.98 Å². The second-order valence-corrected chi connectivity index (χ2v) is 7.75. The van der Waals surface area contributed by atoms with Gasteiger partial charge in [-0.15, -0.1) is 0 Å². The van der Waals surface area contributed by atoms with Crippen molar-refractivity contribution in [3.05, 3.63) is 70.9 Å². The van der Waals surface area contributed by atoms with Crippen molar-refractivity contribution in [2.45, 2.75) is 26.1 Å². The number of rotatable bonds is 5. The van der Waals surface area contributed by atoms with Crippen LogP contribution in [0.1, 0.15) is 22.4 Å². The molecule has 0 aliphatic heterocycles. The molecule has 2 N–H and O–H groups in total. The molecular weight excluding hydrogens is 308 g/mol. The second kappa shape index (κ2) is 6.18. The van der Waals surface area contributed by atoms with E-state index >= 15 is 0 Å². The molecular formula is C18H20N2O2S. The zero-order chi connectivity index (χ0) is 16.4. The van der Waals surface area contributed by atoms with Crippen LogP contribution in [0.25, 0.3) is 10.9 Å². The maximum Gasteiger partial charge on any atom is 0.216 e. The zero-order valence-corrected chi connectivity index (χ0v) is 14.1. The van der Waals surface area contributed by atoms with Crippen molar-refractivity contribution < 1.29 is 8.42 Å². The quantitative estimate of drug-likeness (QED) is 0.754. The Morgan fingerprint density at radius 3 is 2.61 bits per heavy atom. The highest BCUT2D eigenvalue weighted by atomic mass is 32.2. The smallest absolute Gasteiger partial charge is 0.216 e. The topological polar surface area (TPSA) is 62.0 Å². The Morgan fingerprint density at radius 1 is 1.00 bits per heavy atom. The normalized spacial score (nSPS) is 11.9. The summed E-state index contributed by atoms with van der Waals surface area (Å²) in [7, 11) is -3.36. The SMILES string of the molecule is Cc1cccc(CS(=O)(=O)NCc2ccc3[nH]c(C)cc3c2)c1. The highest BCUT2D eigenvalue weighted by Gasteiger charge is 2.11. The first-order chi connectivity index (χ1) is 10.9. The summed E-state index contributed by atoms with van der Waals surface area (Å²) in [6, 6.07) is 15.5. The van der Waals surface area contributed by atoms with Crippen molar-refractivity contribution in [3.63, 3.8) is 0 Å². The first-order valence-electron chi connectivity index (χ1n) is 7.52. The van der Waals surface area contributed by atoms with Gasteiger partial charge in [-0.05, 0) is 48.6 Å². The fourth-order valence-electron chi connectivity index (χ4n) is 2.70. The van der Waals surface area contributed by atoms with Gasteiger partial charge in [0, 0.05) is 17.8 Å². The third-order valence-electron chi connectivity index (χ3n) is 3.76. The highest BCUT2D eigenvalue weighted by Crippen LogP contribution is 2.17. The van der Waals surface area contributed by atoms with Crippen LogP contribution < -0.4 is 4.72 Å². The van der Waals surface area contributed by atoms with Crippen LogP contribution in [0, 0.1) is 13.8 Å². The summed E-state index contributed by atoms with van der Waals surface area (Å²) >= 11 is 0. The lowest BCUT2D eigenvalue weighted by Gasteiger charge is -2.08. The van der Waals surface area contributed by atoms with E-state index in [1.165, 1.54) is 0 Å². The van der Waals surface area contributed by atoms with Crippen molar-refractivity contribution in [2.75, 3.05) is 0 Å². The summed E-state index contributed by atoms with van der Waals surface area (Å²) in [4.78, 5) is 3.26. The number of nitrogens with one attached hydrogen (secondary N) is 2. The van der Waals surface area contributed by atoms with E-state index in [9.17, 15) is 8.42 Å². The van der Waals surface area contributed by atoms with E-state index in [0.717, 1.165) is 33.3 Å². The average molecular weight is 328 g/mol. The number of hydrogen-bond acceptors (Lipinski definition) is 2. The molecule has 0 fully saturated rings. The van der Waals surface area contributed by atoms with E-state index in [2.05, 4.69) is 15.8 Å². The van der Waals surface area contributed by atoms with Crippen LogP contribution >= 0.6 is 0 Å². The van der Waals surface area contributed by atoms with Crippen molar-refractivity contribution in [1.29, 1.82) is 0 Å². The monoisotopic (exact) mass is 328 g/mol. The van der Waals surface area contributed by atoms with E-state index in [1.54, 1.807) is 0 Å². The molecule has 0 bridgehead atoms. The van der Waals surface area contributed by atoms with Crippen LogP contribution in [-0.4, -0.2) is 13.4 Å². The molecule has 0 saturated heterocycles. The maximum absolute atomic E-state index is 12.2. The number of aryl methyl sites for hydroxylation is 2. The average Bonchev–Trinajstić information content (AvgIpc) is 2.84. The summed E-state index contributed by atoms with van der Waals surface area (Å²) in [5.74, 6) is 0.000186. The molecule has 4 nitrogen and oxygen atoms in total. The molecule has 1 heterocycles. The highest BCUT2D eigenvalue weighted by molar-refractivity contribution is 7.88. The maximum atomic E-state index is 12.2. The van der Waals surface area contributed by atoms with Crippen LogP contribution in [0.2, 0.25) is 0 Å². The van der Waals surface area contributed by atoms with Crippen molar-refractivity contribution in [1.82, 2.24) is 9.71 Å². The van der Waals surface area contributed by atoms with Gasteiger partial charge in [-0.25, -0.2) is 13.1 Å². The van der Waals surface area contributed by atoms with Crippen molar-refractivity contribution in [3.8, 4) is 0 Å². The molecule has 0 saturated carbocycles. The summed E-state index contributed by atoms with van der Waals surface area (Å²) in [5.41, 5.74) is 4.97. The van der Waals surface area contributed by atoms with E-state index in [4.69, 9.17) is 0 Å². The van der Waals surface area contributed by atoms with Gasteiger partial charge in [0.25, 0.3) is 0 Å². The standard InChI is InChI=1S/C18H20N2O2S/c1-13-4-3-5-16(8-13)12-23(21,22)19-11-15-6-7-18-17(10-15)9-14(2)20-18/h3-10,19-20H,11-12H2,1-2H3. The molecule has 0 unspecified atom stereocenters. The third kappa shape index (κ3) is 4.00. The number of hydrogen-bond donors (Lipinski definition) is 2. The number of aromatic amines is 1. The predicted octanol–water partition coefficient (Wildman–Crippen LogP) is 3.40. The van der Waals surface area contributed by atoms with Crippen LogP contribution in [-0.2, 0) is 22.3 Å². The lowest BCUT2D eigenvalue weighted by atomic mass is 10.1. The molecule has 23 heavy (non-hydrogen) atoms. The van der Waals surface area contributed by atoms with Crippen LogP contribution in [0.3, 0.4) is 0 Å². The van der Waals surface area contributed by atoms with Gasteiger partial charge in [-0.2, -0.15) is 0 Å². The molecule has 1 aromatic heterocycles. The molecule has 0 radical (unpaired) electrons. The lowest BCUT2D eigenvalue weighted by molar-refractivity contribution is 0.580. The molecule has 0 amide bonds. The summed E-state index contributed by atoms with van der Waals surface area (Å²) in [5, 5.41) is 1.10. The van der Waals surface area contributed by atoms with Gasteiger partial charge >= 0.3 is 0 Å². The van der Waals surface area contributed by atoms with Crippen molar-refractivity contribution in [2.24, 2.45) is 0 Å². The minimum absolute atomic E-state index is 0.000186. The Hall–Kier alpha value is -2.11. The van der Waals surface area contributed by atoms with E-state index in [1.807, 2.05) is 56.3 Å². The molecule has 5 heteroatoms. The Balaban J connectivity index is 1.70. The molecule has 0 aliphatic carbocycles. The number of sulfonamides is 1. The molecule has 2 aromatic carbocycles. The van der Waals surface area contributed by atoms with Gasteiger partial charge in [-0.3, -0.25) is 0 Å². The molecule has 120 valence electrons. The summed E-state index contributed by atoms with van der Waals surface area (Å²) in [6.07, 6.45) is 0. The van der Waals surface area contributed by atoms with Gasteiger partial charge in [0.2, 0.25) is 10.0 Å². The first-order valence-corrected chi connectivity index (χ1v) is 9.18. The van der Waals surface area contributed by atoms with Crippen LogP contribution in [0.4, 0.5) is 0 Å². The minimum atomic E-state index is -3.36. The largest absolute Gasteiger partial charge is 0.359 e. The van der Waals surface area contributed by atoms with Crippen LogP contribution in [0.5, 0.6) is 0 Å². The van der Waals surface area contributed by atoms with E-state index in [-0.39, 0.29) is 5.75 Å². The predicted molar refractivity (Wildman–Crippen MR) is 93.7 cm³/mol.